The Bertz CT molecular complexity index is 392. The Labute approximate surface area is 87.5 Å². The number of hydrogen-bond acceptors (Lipinski definition) is 3. The summed E-state index contributed by atoms with van der Waals surface area (Å²) in [4.78, 5) is 16.5. The fourth-order valence-corrected chi connectivity index (χ4v) is 1.79. The van der Waals surface area contributed by atoms with E-state index in [-0.39, 0.29) is 0 Å². The van der Waals surface area contributed by atoms with Crippen molar-refractivity contribution in [3.63, 3.8) is 0 Å². The standard InChI is InChI=1S/C10H13N3O2/c11-9-4-3-7-6-13(10(14)15)5-1-2-8(7)12-9/h3-4H,1-2,5-6H2,(H2,11,12)(H,14,15). The molecule has 0 unspecified atom stereocenters. The number of nitrogens with zero attached hydrogens (tertiary/aromatic N) is 2. The lowest BCUT2D eigenvalue weighted by molar-refractivity contribution is 0.143. The molecule has 3 N–H and O–H groups in total. The quantitative estimate of drug-likeness (QED) is 0.667. The van der Waals surface area contributed by atoms with Crippen molar-refractivity contribution in [2.45, 2.75) is 19.4 Å². The molecule has 1 aliphatic rings. The average Bonchev–Trinajstić information content (AvgIpc) is 2.39. The molecule has 0 aromatic carbocycles. The fourth-order valence-electron chi connectivity index (χ4n) is 1.79. The molecule has 2 rings (SSSR count). The van der Waals surface area contributed by atoms with Crippen LogP contribution in [-0.2, 0) is 13.0 Å². The number of carboxylic acid groups (broad SMARTS) is 1. The zero-order chi connectivity index (χ0) is 10.8. The van der Waals surface area contributed by atoms with Crippen LogP contribution in [0.25, 0.3) is 0 Å². The number of amides is 1. The summed E-state index contributed by atoms with van der Waals surface area (Å²) in [5, 5.41) is 8.92. The van der Waals surface area contributed by atoms with E-state index < -0.39 is 6.09 Å². The first kappa shape index (κ1) is 9.76. The maximum Gasteiger partial charge on any atom is 0.407 e. The third-order valence-electron chi connectivity index (χ3n) is 2.56. The van der Waals surface area contributed by atoms with Gasteiger partial charge >= 0.3 is 6.09 Å². The summed E-state index contributed by atoms with van der Waals surface area (Å²) in [6, 6.07) is 3.57. The number of fused-ring (bicyclic) bond motifs is 1. The number of rotatable bonds is 0. The number of hydrogen-bond donors (Lipinski definition) is 2. The summed E-state index contributed by atoms with van der Waals surface area (Å²) in [5.41, 5.74) is 7.48. The highest BCUT2D eigenvalue weighted by Gasteiger charge is 2.18. The van der Waals surface area contributed by atoms with Gasteiger partial charge in [-0.3, -0.25) is 0 Å². The Morgan fingerprint density at radius 3 is 3.07 bits per heavy atom. The Kier molecular flexibility index (Phi) is 2.45. The molecule has 5 heteroatoms. The summed E-state index contributed by atoms with van der Waals surface area (Å²) in [6.45, 7) is 0.976. The second-order valence-electron chi connectivity index (χ2n) is 3.65. The lowest BCUT2D eigenvalue weighted by Crippen LogP contribution is -2.28. The van der Waals surface area contributed by atoms with Crippen molar-refractivity contribution in [3.8, 4) is 0 Å². The van der Waals surface area contributed by atoms with Crippen molar-refractivity contribution in [1.29, 1.82) is 0 Å². The van der Waals surface area contributed by atoms with E-state index in [9.17, 15) is 4.79 Å². The summed E-state index contributed by atoms with van der Waals surface area (Å²) in [7, 11) is 0. The molecule has 1 aliphatic heterocycles. The van der Waals surface area contributed by atoms with Crippen LogP contribution in [0.15, 0.2) is 12.1 Å². The van der Waals surface area contributed by atoms with Gasteiger partial charge in [0.2, 0.25) is 0 Å². The third-order valence-corrected chi connectivity index (χ3v) is 2.56. The van der Waals surface area contributed by atoms with Gasteiger partial charge in [-0.2, -0.15) is 0 Å². The highest BCUT2D eigenvalue weighted by Crippen LogP contribution is 2.18. The molecular weight excluding hydrogens is 194 g/mol. The van der Waals surface area contributed by atoms with Crippen LogP contribution in [0.5, 0.6) is 0 Å². The minimum Gasteiger partial charge on any atom is -0.465 e. The Hall–Kier alpha value is -1.78. The molecule has 0 atom stereocenters. The van der Waals surface area contributed by atoms with Gasteiger partial charge in [-0.05, 0) is 24.5 Å². The number of aromatic nitrogens is 1. The van der Waals surface area contributed by atoms with Gasteiger partial charge in [0.25, 0.3) is 0 Å². The SMILES string of the molecule is Nc1ccc2c(n1)CCCN(C(=O)O)C2. The smallest absolute Gasteiger partial charge is 0.407 e. The maximum absolute atomic E-state index is 10.9. The molecule has 0 spiro atoms. The van der Waals surface area contributed by atoms with Crippen LogP contribution >= 0.6 is 0 Å². The topological polar surface area (TPSA) is 79.5 Å². The molecule has 0 fully saturated rings. The third kappa shape index (κ3) is 2.01. The van der Waals surface area contributed by atoms with Gasteiger partial charge in [0, 0.05) is 12.2 Å². The molecule has 0 bridgehead atoms. The number of carbonyl (C=O) groups is 1. The summed E-state index contributed by atoms with van der Waals surface area (Å²) in [5.74, 6) is 0.498. The Balaban J connectivity index is 2.29. The fraction of sp³-hybridized carbons (Fsp3) is 0.400. The highest BCUT2D eigenvalue weighted by atomic mass is 16.4. The van der Waals surface area contributed by atoms with Gasteiger partial charge in [0.05, 0.1) is 6.54 Å². The molecule has 0 radical (unpaired) electrons. The van der Waals surface area contributed by atoms with Crippen molar-refractivity contribution in [3.05, 3.63) is 23.4 Å². The number of pyridine rings is 1. The molecule has 0 saturated carbocycles. The summed E-state index contributed by atoms with van der Waals surface area (Å²) in [6.07, 6.45) is 0.722. The van der Waals surface area contributed by atoms with E-state index in [2.05, 4.69) is 4.98 Å². The first-order chi connectivity index (χ1) is 7.16. The van der Waals surface area contributed by atoms with Crippen LogP contribution in [0.1, 0.15) is 17.7 Å². The van der Waals surface area contributed by atoms with Crippen LogP contribution in [0, 0.1) is 0 Å². The zero-order valence-corrected chi connectivity index (χ0v) is 8.31. The largest absolute Gasteiger partial charge is 0.465 e. The summed E-state index contributed by atoms with van der Waals surface area (Å²) < 4.78 is 0. The van der Waals surface area contributed by atoms with Crippen molar-refractivity contribution < 1.29 is 9.90 Å². The molecule has 1 amide bonds. The molecule has 0 aliphatic carbocycles. The van der Waals surface area contributed by atoms with Crippen molar-refractivity contribution in [1.82, 2.24) is 9.88 Å². The van der Waals surface area contributed by atoms with Crippen LogP contribution < -0.4 is 5.73 Å². The molecule has 1 aromatic heterocycles. The van der Waals surface area contributed by atoms with E-state index in [1.165, 1.54) is 4.90 Å². The van der Waals surface area contributed by atoms with Gasteiger partial charge < -0.3 is 15.7 Å². The predicted molar refractivity (Wildman–Crippen MR) is 55.4 cm³/mol. The number of nitrogen functional groups attached to an aromatic ring is 1. The molecular formula is C10H13N3O2. The van der Waals surface area contributed by atoms with E-state index in [4.69, 9.17) is 10.8 Å². The first-order valence-corrected chi connectivity index (χ1v) is 4.89. The monoisotopic (exact) mass is 207 g/mol. The zero-order valence-electron chi connectivity index (χ0n) is 8.31. The van der Waals surface area contributed by atoms with Gasteiger partial charge in [-0.1, -0.05) is 6.07 Å². The van der Waals surface area contributed by atoms with Crippen molar-refractivity contribution >= 4 is 11.9 Å². The predicted octanol–water partition coefficient (Wildman–Crippen LogP) is 1.09. The van der Waals surface area contributed by atoms with Gasteiger partial charge in [0.15, 0.2) is 0 Å². The second kappa shape index (κ2) is 3.76. The van der Waals surface area contributed by atoms with E-state index >= 15 is 0 Å². The molecule has 2 heterocycles. The average molecular weight is 207 g/mol. The second-order valence-corrected chi connectivity index (χ2v) is 3.65. The first-order valence-electron chi connectivity index (χ1n) is 4.89. The highest BCUT2D eigenvalue weighted by molar-refractivity contribution is 5.65. The Morgan fingerprint density at radius 1 is 1.53 bits per heavy atom. The lowest BCUT2D eigenvalue weighted by atomic mass is 10.1. The number of anilines is 1. The van der Waals surface area contributed by atoms with Gasteiger partial charge in [-0.25, -0.2) is 9.78 Å². The van der Waals surface area contributed by atoms with Crippen LogP contribution in [0.4, 0.5) is 10.6 Å². The minimum absolute atomic E-state index is 0.415. The Morgan fingerprint density at radius 2 is 2.33 bits per heavy atom. The molecule has 0 saturated heterocycles. The normalized spacial score (nSPS) is 15.6. The van der Waals surface area contributed by atoms with E-state index in [1.807, 2.05) is 6.07 Å². The minimum atomic E-state index is -0.875. The van der Waals surface area contributed by atoms with Crippen LogP contribution in [-0.4, -0.2) is 27.6 Å². The summed E-state index contributed by atoms with van der Waals surface area (Å²) >= 11 is 0. The number of aryl methyl sites for hydroxylation is 1. The van der Waals surface area contributed by atoms with E-state index in [1.54, 1.807) is 6.07 Å². The molecule has 5 nitrogen and oxygen atoms in total. The maximum atomic E-state index is 10.9. The molecule has 1 aromatic rings. The van der Waals surface area contributed by atoms with Crippen molar-refractivity contribution in [2.75, 3.05) is 12.3 Å². The van der Waals surface area contributed by atoms with Crippen molar-refractivity contribution in [2.24, 2.45) is 0 Å². The number of nitrogens with two attached hydrogens (primary N) is 1. The van der Waals surface area contributed by atoms with Crippen LogP contribution in [0.3, 0.4) is 0 Å². The van der Waals surface area contributed by atoms with Gasteiger partial charge in [-0.15, -0.1) is 0 Å². The van der Waals surface area contributed by atoms with Gasteiger partial charge in [0.1, 0.15) is 5.82 Å². The van der Waals surface area contributed by atoms with E-state index in [0.29, 0.717) is 18.9 Å². The lowest BCUT2D eigenvalue weighted by Gasteiger charge is -2.16. The van der Waals surface area contributed by atoms with E-state index in [0.717, 1.165) is 24.1 Å². The molecule has 15 heavy (non-hydrogen) atoms. The molecule has 80 valence electrons. The van der Waals surface area contributed by atoms with Crippen LogP contribution in [0.2, 0.25) is 0 Å².